The normalized spacial score (nSPS) is 26.2. The summed E-state index contributed by atoms with van der Waals surface area (Å²) >= 11 is 9.80. The van der Waals surface area contributed by atoms with Crippen molar-refractivity contribution >= 4 is 50.8 Å². The minimum Gasteiger partial charge on any atom is -0.313 e. The van der Waals surface area contributed by atoms with Crippen LogP contribution in [0.1, 0.15) is 18.7 Å². The van der Waals surface area contributed by atoms with E-state index in [0.717, 1.165) is 23.5 Å². The van der Waals surface area contributed by atoms with Gasteiger partial charge >= 0.3 is 0 Å². The van der Waals surface area contributed by atoms with Crippen molar-refractivity contribution in [2.45, 2.75) is 36.8 Å². The SMILES string of the molecule is CCNC(Cc1sccc1Br)C1SCCSC1C. The molecule has 0 saturated carbocycles. The highest BCUT2D eigenvalue weighted by Crippen LogP contribution is 2.35. The third-order valence-electron chi connectivity index (χ3n) is 3.20. The van der Waals surface area contributed by atoms with Gasteiger partial charge in [0.25, 0.3) is 0 Å². The summed E-state index contributed by atoms with van der Waals surface area (Å²) in [7, 11) is 0. The van der Waals surface area contributed by atoms with Gasteiger partial charge in [0, 0.05) is 37.4 Å². The molecule has 0 radical (unpaired) electrons. The van der Waals surface area contributed by atoms with Crippen LogP contribution < -0.4 is 5.32 Å². The number of likely N-dealkylation sites (N-methyl/N-ethyl adjacent to an activating group) is 1. The van der Waals surface area contributed by atoms with Crippen molar-refractivity contribution in [3.8, 4) is 0 Å². The van der Waals surface area contributed by atoms with Gasteiger partial charge < -0.3 is 5.32 Å². The van der Waals surface area contributed by atoms with Gasteiger partial charge in [-0.05, 0) is 40.3 Å². The van der Waals surface area contributed by atoms with Gasteiger partial charge in [0.05, 0.1) is 0 Å². The lowest BCUT2D eigenvalue weighted by molar-refractivity contribution is 0.503. The maximum absolute atomic E-state index is 3.70. The lowest BCUT2D eigenvalue weighted by Crippen LogP contribution is -2.45. The first-order valence-electron chi connectivity index (χ1n) is 6.40. The highest BCUT2D eigenvalue weighted by Gasteiger charge is 2.30. The fourth-order valence-corrected chi connectivity index (χ4v) is 6.86. The lowest BCUT2D eigenvalue weighted by atomic mass is 10.1. The van der Waals surface area contributed by atoms with Crippen LogP contribution in [-0.4, -0.2) is 34.6 Å². The van der Waals surface area contributed by atoms with Crippen LogP contribution in [0.2, 0.25) is 0 Å². The Morgan fingerprint density at radius 2 is 2.22 bits per heavy atom. The maximum atomic E-state index is 3.70. The summed E-state index contributed by atoms with van der Waals surface area (Å²) < 4.78 is 1.27. The van der Waals surface area contributed by atoms with E-state index < -0.39 is 0 Å². The second-order valence-corrected chi connectivity index (χ2v) is 9.10. The van der Waals surface area contributed by atoms with Crippen LogP contribution in [0.4, 0.5) is 0 Å². The van der Waals surface area contributed by atoms with E-state index in [1.165, 1.54) is 20.9 Å². The van der Waals surface area contributed by atoms with Crippen molar-refractivity contribution in [2.75, 3.05) is 18.1 Å². The van der Waals surface area contributed by atoms with E-state index >= 15 is 0 Å². The Labute approximate surface area is 131 Å². The summed E-state index contributed by atoms with van der Waals surface area (Å²) in [5.74, 6) is 2.61. The maximum Gasteiger partial charge on any atom is 0.0321 e. The van der Waals surface area contributed by atoms with Crippen LogP contribution >= 0.6 is 50.8 Å². The van der Waals surface area contributed by atoms with Crippen LogP contribution in [0.25, 0.3) is 0 Å². The Bertz CT molecular complexity index is 369. The molecule has 1 nitrogen and oxygen atoms in total. The lowest BCUT2D eigenvalue weighted by Gasteiger charge is -2.35. The van der Waals surface area contributed by atoms with Gasteiger partial charge in [0.2, 0.25) is 0 Å². The predicted molar refractivity (Wildman–Crippen MR) is 91.4 cm³/mol. The molecular weight excluding hydrogens is 346 g/mol. The molecule has 1 N–H and O–H groups in total. The Hall–Kier alpha value is 0.840. The zero-order valence-electron chi connectivity index (χ0n) is 10.8. The second kappa shape index (κ2) is 7.58. The molecular formula is C13H20BrNS3. The highest BCUT2D eigenvalue weighted by molar-refractivity contribution is 9.10. The van der Waals surface area contributed by atoms with E-state index in [0.29, 0.717) is 6.04 Å². The predicted octanol–water partition coefficient (Wildman–Crippen LogP) is 4.27. The van der Waals surface area contributed by atoms with Gasteiger partial charge in [0.15, 0.2) is 0 Å². The third-order valence-corrected chi connectivity index (χ3v) is 8.40. The van der Waals surface area contributed by atoms with Gasteiger partial charge in [-0.1, -0.05) is 13.8 Å². The molecule has 2 rings (SSSR count). The molecule has 1 aliphatic rings. The minimum atomic E-state index is 0.595. The Morgan fingerprint density at radius 1 is 1.44 bits per heavy atom. The molecule has 1 fully saturated rings. The molecule has 3 atom stereocenters. The second-order valence-electron chi connectivity index (χ2n) is 4.47. The van der Waals surface area contributed by atoms with Crippen LogP contribution in [-0.2, 0) is 6.42 Å². The summed E-state index contributed by atoms with van der Waals surface area (Å²) in [6.45, 7) is 5.65. The van der Waals surface area contributed by atoms with E-state index in [4.69, 9.17) is 0 Å². The number of rotatable bonds is 5. The molecule has 102 valence electrons. The average Bonchev–Trinajstić information content (AvgIpc) is 2.75. The molecule has 18 heavy (non-hydrogen) atoms. The van der Waals surface area contributed by atoms with E-state index in [1.807, 2.05) is 11.3 Å². The number of hydrogen-bond acceptors (Lipinski definition) is 4. The molecule has 5 heteroatoms. The fourth-order valence-electron chi connectivity index (χ4n) is 2.33. The van der Waals surface area contributed by atoms with Gasteiger partial charge in [-0.2, -0.15) is 23.5 Å². The molecule has 2 heterocycles. The standard InChI is InChI=1S/C13H20BrNS3/c1-3-15-11(8-12-10(14)4-5-17-12)13-9(2)16-6-7-18-13/h4-5,9,11,13,15H,3,6-8H2,1-2H3. The van der Waals surface area contributed by atoms with E-state index in [2.05, 4.69) is 70.1 Å². The van der Waals surface area contributed by atoms with Crippen molar-refractivity contribution < 1.29 is 0 Å². The molecule has 1 aromatic rings. The molecule has 0 bridgehead atoms. The molecule has 0 spiro atoms. The van der Waals surface area contributed by atoms with Crippen molar-refractivity contribution in [2.24, 2.45) is 0 Å². The largest absolute Gasteiger partial charge is 0.313 e. The summed E-state index contributed by atoms with van der Waals surface area (Å²) in [5.41, 5.74) is 0. The molecule has 1 aliphatic heterocycles. The first kappa shape index (κ1) is 15.2. The molecule has 0 amide bonds. The van der Waals surface area contributed by atoms with Crippen molar-refractivity contribution in [1.29, 1.82) is 0 Å². The first-order chi connectivity index (χ1) is 8.72. The highest BCUT2D eigenvalue weighted by atomic mass is 79.9. The van der Waals surface area contributed by atoms with Gasteiger partial charge in [0.1, 0.15) is 0 Å². The van der Waals surface area contributed by atoms with Gasteiger partial charge in [-0.25, -0.2) is 0 Å². The van der Waals surface area contributed by atoms with Crippen LogP contribution in [0.5, 0.6) is 0 Å². The average molecular weight is 366 g/mol. The number of halogens is 1. The summed E-state index contributed by atoms with van der Waals surface area (Å²) in [5, 5.41) is 7.37. The molecule has 3 unspecified atom stereocenters. The van der Waals surface area contributed by atoms with Crippen LogP contribution in [0.3, 0.4) is 0 Å². The smallest absolute Gasteiger partial charge is 0.0321 e. The Balaban J connectivity index is 2.05. The van der Waals surface area contributed by atoms with Gasteiger partial charge in [-0.3, -0.25) is 0 Å². The number of nitrogens with one attached hydrogen (secondary N) is 1. The minimum absolute atomic E-state index is 0.595. The van der Waals surface area contributed by atoms with Gasteiger partial charge in [-0.15, -0.1) is 11.3 Å². The number of hydrogen-bond donors (Lipinski definition) is 1. The Kier molecular flexibility index (Phi) is 6.41. The zero-order chi connectivity index (χ0) is 13.0. The topological polar surface area (TPSA) is 12.0 Å². The quantitative estimate of drug-likeness (QED) is 0.836. The van der Waals surface area contributed by atoms with Crippen molar-refractivity contribution in [3.63, 3.8) is 0 Å². The summed E-state index contributed by atoms with van der Waals surface area (Å²) in [6, 6.07) is 2.76. The number of thiophene rings is 1. The summed E-state index contributed by atoms with van der Waals surface area (Å²) in [6.07, 6.45) is 1.15. The molecule has 0 aromatic carbocycles. The van der Waals surface area contributed by atoms with E-state index in [9.17, 15) is 0 Å². The van der Waals surface area contributed by atoms with Crippen molar-refractivity contribution in [3.05, 3.63) is 20.8 Å². The molecule has 0 aliphatic carbocycles. The monoisotopic (exact) mass is 365 g/mol. The first-order valence-corrected chi connectivity index (χ1v) is 10.2. The molecule has 1 aromatic heterocycles. The number of thioether (sulfide) groups is 2. The van der Waals surface area contributed by atoms with E-state index in [-0.39, 0.29) is 0 Å². The fraction of sp³-hybridized carbons (Fsp3) is 0.692. The Morgan fingerprint density at radius 3 is 2.83 bits per heavy atom. The van der Waals surface area contributed by atoms with Crippen molar-refractivity contribution in [1.82, 2.24) is 5.32 Å². The summed E-state index contributed by atoms with van der Waals surface area (Å²) in [4.78, 5) is 1.48. The van der Waals surface area contributed by atoms with E-state index in [1.54, 1.807) is 0 Å². The third kappa shape index (κ3) is 3.92. The van der Waals surface area contributed by atoms with Crippen LogP contribution in [0.15, 0.2) is 15.9 Å². The molecule has 1 saturated heterocycles. The zero-order valence-corrected chi connectivity index (χ0v) is 14.9. The van der Waals surface area contributed by atoms with Crippen LogP contribution in [0, 0.1) is 0 Å².